The van der Waals surface area contributed by atoms with E-state index < -0.39 is 18.6 Å². The molecule has 0 spiro atoms. The Hall–Kier alpha value is -0.790. The summed E-state index contributed by atoms with van der Waals surface area (Å²) in [6.45, 7) is 1.35. The Morgan fingerprint density at radius 2 is 2.06 bits per heavy atom. The van der Waals surface area contributed by atoms with Crippen LogP contribution >= 0.6 is 11.8 Å². The van der Waals surface area contributed by atoms with Crippen LogP contribution in [-0.2, 0) is 9.59 Å². The summed E-state index contributed by atoms with van der Waals surface area (Å²) in [5.41, 5.74) is 0. The number of piperidine rings is 1. The van der Waals surface area contributed by atoms with Gasteiger partial charge in [0, 0.05) is 5.25 Å². The zero-order chi connectivity index (χ0) is 12.7. The molecule has 1 atom stereocenters. The average Bonchev–Trinajstić information content (AvgIpc) is 2.34. The van der Waals surface area contributed by atoms with Crippen LogP contribution in [0.2, 0.25) is 0 Å². The van der Waals surface area contributed by atoms with Crippen molar-refractivity contribution in [3.8, 4) is 0 Å². The molecule has 7 heteroatoms. The third kappa shape index (κ3) is 5.38. The van der Waals surface area contributed by atoms with Crippen molar-refractivity contribution in [2.75, 3.05) is 25.4 Å². The minimum absolute atomic E-state index is 0.244. The Morgan fingerprint density at radius 1 is 1.41 bits per heavy atom. The van der Waals surface area contributed by atoms with E-state index in [0.29, 0.717) is 5.25 Å². The molecule has 0 bridgehead atoms. The highest BCUT2D eigenvalue weighted by Crippen LogP contribution is 2.19. The summed E-state index contributed by atoms with van der Waals surface area (Å²) in [4.78, 5) is 22.0. The number of hydrogen-bond acceptors (Lipinski definition) is 5. The Balaban J connectivity index is 2.21. The van der Waals surface area contributed by atoms with Gasteiger partial charge in [0.2, 0.25) is 5.91 Å². The van der Waals surface area contributed by atoms with Gasteiger partial charge in [0.15, 0.2) is 0 Å². The van der Waals surface area contributed by atoms with Gasteiger partial charge in [-0.15, -0.1) is 11.8 Å². The normalized spacial score (nSPS) is 18.6. The van der Waals surface area contributed by atoms with Gasteiger partial charge in [-0.2, -0.15) is 0 Å². The fraction of sp³-hybridized carbons (Fsp3) is 0.800. The summed E-state index contributed by atoms with van der Waals surface area (Å²) in [7, 11) is 0. The zero-order valence-corrected chi connectivity index (χ0v) is 10.3. The Bertz CT molecular complexity index is 269. The maximum atomic E-state index is 11.4. The average molecular weight is 262 g/mol. The molecule has 1 aliphatic rings. The van der Waals surface area contributed by atoms with Gasteiger partial charge in [-0.25, -0.2) is 4.79 Å². The van der Waals surface area contributed by atoms with E-state index in [9.17, 15) is 9.59 Å². The molecular weight excluding hydrogens is 244 g/mol. The lowest BCUT2D eigenvalue weighted by atomic mass is 10.2. The molecule has 1 rings (SSSR count). The number of carboxylic acids is 1. The van der Waals surface area contributed by atoms with Crippen LogP contribution in [0.25, 0.3) is 0 Å². The van der Waals surface area contributed by atoms with Gasteiger partial charge in [-0.1, -0.05) is 0 Å². The molecule has 1 heterocycles. The number of aliphatic hydroxyl groups is 1. The van der Waals surface area contributed by atoms with E-state index in [-0.39, 0.29) is 11.7 Å². The SMILES string of the molecule is O=C(CSC1CCNCC1)N[C@H](CO)C(=O)O. The van der Waals surface area contributed by atoms with Crippen LogP contribution in [0.15, 0.2) is 0 Å². The second-order valence-electron chi connectivity index (χ2n) is 3.90. The summed E-state index contributed by atoms with van der Waals surface area (Å²) in [5, 5.41) is 23.4. The molecule has 1 saturated heterocycles. The van der Waals surface area contributed by atoms with Crippen LogP contribution in [0, 0.1) is 0 Å². The first-order valence-electron chi connectivity index (χ1n) is 5.59. The van der Waals surface area contributed by atoms with Crippen molar-refractivity contribution in [3.63, 3.8) is 0 Å². The fourth-order valence-corrected chi connectivity index (χ4v) is 2.62. The van der Waals surface area contributed by atoms with E-state index in [1.165, 1.54) is 0 Å². The minimum Gasteiger partial charge on any atom is -0.480 e. The molecular formula is C10H18N2O4S. The van der Waals surface area contributed by atoms with E-state index in [4.69, 9.17) is 10.2 Å². The second kappa shape index (κ2) is 7.52. The molecule has 1 fully saturated rings. The first-order chi connectivity index (χ1) is 8.13. The van der Waals surface area contributed by atoms with Crippen LogP contribution in [0.1, 0.15) is 12.8 Å². The smallest absolute Gasteiger partial charge is 0.328 e. The quantitative estimate of drug-likeness (QED) is 0.492. The van der Waals surface area contributed by atoms with Crippen molar-refractivity contribution in [3.05, 3.63) is 0 Å². The number of amides is 1. The molecule has 6 nitrogen and oxygen atoms in total. The number of aliphatic hydroxyl groups excluding tert-OH is 1. The lowest BCUT2D eigenvalue weighted by molar-refractivity contribution is -0.142. The summed E-state index contributed by atoms with van der Waals surface area (Å²) >= 11 is 1.54. The maximum Gasteiger partial charge on any atom is 0.328 e. The number of rotatable bonds is 6. The van der Waals surface area contributed by atoms with Crippen LogP contribution < -0.4 is 10.6 Å². The van der Waals surface area contributed by atoms with Crippen LogP contribution in [0.4, 0.5) is 0 Å². The summed E-state index contributed by atoms with van der Waals surface area (Å²) in [5.74, 6) is -1.31. The van der Waals surface area contributed by atoms with E-state index >= 15 is 0 Å². The highest BCUT2D eigenvalue weighted by atomic mass is 32.2. The van der Waals surface area contributed by atoms with Crippen molar-refractivity contribution < 1.29 is 19.8 Å². The van der Waals surface area contributed by atoms with Crippen LogP contribution in [-0.4, -0.2) is 58.8 Å². The first kappa shape index (κ1) is 14.3. The van der Waals surface area contributed by atoms with Gasteiger partial charge in [-0.3, -0.25) is 4.79 Å². The molecule has 1 amide bonds. The number of carboxylic acid groups (broad SMARTS) is 1. The zero-order valence-electron chi connectivity index (χ0n) is 9.52. The number of thioether (sulfide) groups is 1. The Morgan fingerprint density at radius 3 is 2.59 bits per heavy atom. The third-order valence-electron chi connectivity index (χ3n) is 2.55. The predicted molar refractivity (Wildman–Crippen MR) is 65.0 cm³/mol. The van der Waals surface area contributed by atoms with Crippen molar-refractivity contribution in [1.29, 1.82) is 0 Å². The van der Waals surface area contributed by atoms with Gasteiger partial charge in [-0.05, 0) is 25.9 Å². The second-order valence-corrected chi connectivity index (χ2v) is 5.19. The number of hydrogen-bond donors (Lipinski definition) is 4. The molecule has 0 aliphatic carbocycles. The van der Waals surface area contributed by atoms with Crippen molar-refractivity contribution in [2.45, 2.75) is 24.1 Å². The predicted octanol–water partition coefficient (Wildman–Crippen LogP) is -0.967. The monoisotopic (exact) mass is 262 g/mol. The topological polar surface area (TPSA) is 98.7 Å². The lowest BCUT2D eigenvalue weighted by Crippen LogP contribution is -2.44. The van der Waals surface area contributed by atoms with Crippen LogP contribution in [0.5, 0.6) is 0 Å². The molecule has 98 valence electrons. The Kier molecular flexibility index (Phi) is 6.31. The summed E-state index contributed by atoms with van der Waals surface area (Å²) < 4.78 is 0. The van der Waals surface area contributed by atoms with Gasteiger partial charge in [0.25, 0.3) is 0 Å². The number of carbonyl (C=O) groups excluding carboxylic acids is 1. The highest BCUT2D eigenvalue weighted by molar-refractivity contribution is 8.00. The maximum absolute atomic E-state index is 11.4. The number of aliphatic carboxylic acids is 1. The van der Waals surface area contributed by atoms with E-state index in [0.717, 1.165) is 25.9 Å². The van der Waals surface area contributed by atoms with Gasteiger partial charge in [0.05, 0.1) is 12.4 Å². The number of carbonyl (C=O) groups is 2. The molecule has 0 aromatic rings. The molecule has 0 saturated carbocycles. The standard InChI is InChI=1S/C10H18N2O4S/c13-5-8(10(15)16)12-9(14)6-17-7-1-3-11-4-2-7/h7-8,11,13H,1-6H2,(H,12,14)(H,15,16)/t8-/m1/s1. The molecule has 0 aromatic carbocycles. The van der Waals surface area contributed by atoms with Crippen LogP contribution in [0.3, 0.4) is 0 Å². The molecule has 0 radical (unpaired) electrons. The van der Waals surface area contributed by atoms with Crippen molar-refractivity contribution in [1.82, 2.24) is 10.6 Å². The van der Waals surface area contributed by atoms with E-state index in [1.807, 2.05) is 0 Å². The highest BCUT2D eigenvalue weighted by Gasteiger charge is 2.20. The number of nitrogens with one attached hydrogen (secondary N) is 2. The third-order valence-corrected chi connectivity index (χ3v) is 3.92. The van der Waals surface area contributed by atoms with Gasteiger partial charge in [0.1, 0.15) is 6.04 Å². The first-order valence-corrected chi connectivity index (χ1v) is 6.63. The van der Waals surface area contributed by atoms with E-state index in [1.54, 1.807) is 11.8 Å². The van der Waals surface area contributed by atoms with Crippen molar-refractivity contribution >= 4 is 23.6 Å². The largest absolute Gasteiger partial charge is 0.480 e. The summed E-state index contributed by atoms with van der Waals surface area (Å²) in [6.07, 6.45) is 2.06. The fourth-order valence-electron chi connectivity index (χ4n) is 1.58. The van der Waals surface area contributed by atoms with Gasteiger partial charge >= 0.3 is 5.97 Å². The van der Waals surface area contributed by atoms with E-state index in [2.05, 4.69) is 10.6 Å². The van der Waals surface area contributed by atoms with Gasteiger partial charge < -0.3 is 20.8 Å². The minimum atomic E-state index is -1.22. The molecule has 0 aromatic heterocycles. The van der Waals surface area contributed by atoms with Crippen molar-refractivity contribution in [2.24, 2.45) is 0 Å². The summed E-state index contributed by atoms with van der Waals surface area (Å²) in [6, 6.07) is -1.20. The molecule has 17 heavy (non-hydrogen) atoms. The lowest BCUT2D eigenvalue weighted by Gasteiger charge is -2.22. The molecule has 1 aliphatic heterocycles. The Labute approximate surface area is 104 Å². The molecule has 0 unspecified atom stereocenters. The molecule has 4 N–H and O–H groups in total.